The first-order valence-electron chi connectivity index (χ1n) is 10.6. The molecule has 5 rings (SSSR count). The summed E-state index contributed by atoms with van der Waals surface area (Å²) < 4.78 is 7.87. The van der Waals surface area contributed by atoms with Crippen molar-refractivity contribution in [2.45, 2.75) is 43.8 Å². The molecule has 0 radical (unpaired) electrons. The minimum absolute atomic E-state index is 0.0670. The number of fused-ring (bicyclic) bond motifs is 6. The van der Waals surface area contributed by atoms with Crippen molar-refractivity contribution in [1.82, 2.24) is 4.57 Å². The highest BCUT2D eigenvalue weighted by molar-refractivity contribution is 5.95. The molecule has 6 heteroatoms. The monoisotopic (exact) mass is 416 g/mol. The number of nitrogens with zero attached hydrogens (tertiary/aromatic N) is 2. The smallest absolute Gasteiger partial charge is 0.205 e. The zero-order valence-electron chi connectivity index (χ0n) is 17.3. The van der Waals surface area contributed by atoms with Gasteiger partial charge in [-0.15, -0.1) is 0 Å². The van der Waals surface area contributed by atoms with E-state index in [-0.39, 0.29) is 24.8 Å². The van der Waals surface area contributed by atoms with E-state index in [0.717, 1.165) is 23.6 Å². The van der Waals surface area contributed by atoms with Crippen LogP contribution in [-0.2, 0) is 15.9 Å². The van der Waals surface area contributed by atoms with Crippen molar-refractivity contribution in [3.05, 3.63) is 65.2 Å². The molecule has 0 fully saturated rings. The fourth-order valence-corrected chi connectivity index (χ4v) is 5.21. The van der Waals surface area contributed by atoms with Gasteiger partial charge in [-0.1, -0.05) is 44.0 Å². The normalized spacial score (nSPS) is 23.4. The molecule has 2 atom stereocenters. The van der Waals surface area contributed by atoms with Crippen LogP contribution in [0.15, 0.2) is 48.6 Å². The quantitative estimate of drug-likeness (QED) is 0.515. The van der Waals surface area contributed by atoms with Crippen LogP contribution in [0.4, 0.5) is 0 Å². The van der Waals surface area contributed by atoms with E-state index in [1.54, 1.807) is 12.1 Å². The van der Waals surface area contributed by atoms with E-state index in [1.807, 2.05) is 36.4 Å². The minimum Gasteiger partial charge on any atom is -0.494 e. The van der Waals surface area contributed by atoms with Gasteiger partial charge in [0.15, 0.2) is 0 Å². The maximum Gasteiger partial charge on any atom is 0.205 e. The number of aliphatic hydroxyl groups is 1. The Morgan fingerprint density at radius 2 is 1.61 bits per heavy atom. The van der Waals surface area contributed by atoms with Crippen LogP contribution in [-0.4, -0.2) is 26.5 Å². The molecule has 31 heavy (non-hydrogen) atoms. The molecule has 2 unspecified atom stereocenters. The van der Waals surface area contributed by atoms with E-state index in [0.29, 0.717) is 28.8 Å². The van der Waals surface area contributed by atoms with Gasteiger partial charge in [-0.2, -0.15) is 5.26 Å². The van der Waals surface area contributed by atoms with Gasteiger partial charge in [-0.05, 0) is 30.7 Å². The molecule has 2 aliphatic rings. The number of aliphatic hydroxyl groups excluding tert-OH is 1. The first kappa shape index (κ1) is 19.7. The lowest BCUT2D eigenvalue weighted by Crippen LogP contribution is -2.25. The molecule has 0 saturated carbocycles. The highest BCUT2D eigenvalue weighted by atomic mass is 16.5. The molecule has 1 aromatic heterocycles. The third-order valence-corrected chi connectivity index (χ3v) is 6.60. The summed E-state index contributed by atoms with van der Waals surface area (Å²) in [6.45, 7) is 1.98. The summed E-state index contributed by atoms with van der Waals surface area (Å²) in [6, 6.07) is 13.1. The number of hydrogen-bond donors (Lipinski definition) is 3. The Bertz CT molecular complexity index is 1270. The molecule has 3 N–H and O–H groups in total. The summed E-state index contributed by atoms with van der Waals surface area (Å²) in [6.07, 6.45) is 6.68. The van der Waals surface area contributed by atoms with Gasteiger partial charge in [0, 0.05) is 23.8 Å². The number of aromatic hydroxyl groups is 2. The average molecular weight is 416 g/mol. The molecule has 0 amide bonds. The van der Waals surface area contributed by atoms with Gasteiger partial charge in [0.2, 0.25) is 11.8 Å². The molecule has 0 saturated heterocycles. The van der Waals surface area contributed by atoms with E-state index in [2.05, 4.69) is 13.0 Å². The zero-order valence-corrected chi connectivity index (χ0v) is 17.3. The summed E-state index contributed by atoms with van der Waals surface area (Å²) in [5.41, 5.74) is 0.416. The first-order chi connectivity index (χ1) is 15.0. The molecular formula is C25H24N2O4. The third-order valence-electron chi connectivity index (χ3n) is 6.60. The number of hydrogen-bond acceptors (Lipinski definition) is 5. The lowest BCUT2D eigenvalue weighted by molar-refractivity contribution is -0.0867. The predicted molar refractivity (Wildman–Crippen MR) is 116 cm³/mol. The predicted octanol–water partition coefficient (Wildman–Crippen LogP) is 4.48. The summed E-state index contributed by atoms with van der Waals surface area (Å²) in [4.78, 5) is 0. The number of rotatable bonds is 6. The summed E-state index contributed by atoms with van der Waals surface area (Å²) >= 11 is 0. The lowest BCUT2D eigenvalue weighted by Gasteiger charge is -2.27. The summed E-state index contributed by atoms with van der Waals surface area (Å²) in [5, 5.41) is 43.5. The maximum atomic E-state index is 11.4. The van der Waals surface area contributed by atoms with Crippen molar-refractivity contribution in [1.29, 1.82) is 5.26 Å². The van der Waals surface area contributed by atoms with Crippen LogP contribution in [0.5, 0.6) is 11.8 Å². The minimum atomic E-state index is -0.965. The second kappa shape index (κ2) is 6.88. The molecule has 0 aliphatic carbocycles. The van der Waals surface area contributed by atoms with Gasteiger partial charge in [0.1, 0.15) is 11.2 Å². The van der Waals surface area contributed by atoms with Crippen LogP contribution >= 0.6 is 0 Å². The van der Waals surface area contributed by atoms with Crippen molar-refractivity contribution in [3.8, 4) is 23.5 Å². The van der Waals surface area contributed by atoms with Gasteiger partial charge >= 0.3 is 0 Å². The van der Waals surface area contributed by atoms with Crippen LogP contribution in [0.1, 0.15) is 49.3 Å². The van der Waals surface area contributed by atoms with Crippen molar-refractivity contribution in [3.63, 3.8) is 0 Å². The van der Waals surface area contributed by atoms with E-state index in [9.17, 15) is 20.6 Å². The molecule has 2 aromatic carbocycles. The SMILES string of the molecule is CCCCC12C=CC(CCO)(O1)c1c2c(O)n(-c2ccc(C#N)c3ccccc23)c1O. The van der Waals surface area contributed by atoms with Crippen LogP contribution in [0.3, 0.4) is 0 Å². The molecule has 2 bridgehead atoms. The molecule has 3 aromatic rings. The Morgan fingerprint density at radius 3 is 2.23 bits per heavy atom. The molecule has 3 heterocycles. The van der Waals surface area contributed by atoms with Gasteiger partial charge in [0.25, 0.3) is 0 Å². The van der Waals surface area contributed by atoms with Gasteiger partial charge in [-0.3, -0.25) is 4.57 Å². The average Bonchev–Trinajstić information content (AvgIpc) is 3.38. The molecule has 158 valence electrons. The van der Waals surface area contributed by atoms with Gasteiger partial charge in [0.05, 0.1) is 28.4 Å². The van der Waals surface area contributed by atoms with Crippen molar-refractivity contribution in [2.75, 3.05) is 6.61 Å². The van der Waals surface area contributed by atoms with Crippen molar-refractivity contribution < 1.29 is 20.1 Å². The Kier molecular flexibility index (Phi) is 4.37. The fraction of sp³-hybridized carbons (Fsp3) is 0.320. The van der Waals surface area contributed by atoms with Gasteiger partial charge in [-0.25, -0.2) is 0 Å². The van der Waals surface area contributed by atoms with E-state index < -0.39 is 11.2 Å². The maximum absolute atomic E-state index is 11.4. The van der Waals surface area contributed by atoms with E-state index in [4.69, 9.17) is 4.74 Å². The molecule has 0 spiro atoms. The van der Waals surface area contributed by atoms with E-state index >= 15 is 0 Å². The Balaban J connectivity index is 1.79. The Labute approximate surface area is 180 Å². The number of aromatic nitrogens is 1. The number of ether oxygens (including phenoxy) is 1. The largest absolute Gasteiger partial charge is 0.494 e. The molecule has 2 aliphatic heterocycles. The molecule has 6 nitrogen and oxygen atoms in total. The number of nitriles is 1. The lowest BCUT2D eigenvalue weighted by atomic mass is 9.80. The van der Waals surface area contributed by atoms with E-state index in [1.165, 1.54) is 4.57 Å². The second-order valence-corrected chi connectivity index (χ2v) is 8.31. The van der Waals surface area contributed by atoms with Crippen LogP contribution < -0.4 is 0 Å². The van der Waals surface area contributed by atoms with Crippen LogP contribution in [0.2, 0.25) is 0 Å². The zero-order chi connectivity index (χ0) is 21.8. The topological polar surface area (TPSA) is 98.6 Å². The summed E-state index contributed by atoms with van der Waals surface area (Å²) in [5.74, 6) is -0.166. The highest BCUT2D eigenvalue weighted by Crippen LogP contribution is 2.63. The molecular weight excluding hydrogens is 392 g/mol. The number of benzene rings is 2. The fourth-order valence-electron chi connectivity index (χ4n) is 5.21. The third kappa shape index (κ3) is 2.51. The van der Waals surface area contributed by atoms with Crippen LogP contribution in [0, 0.1) is 11.3 Å². The van der Waals surface area contributed by atoms with Crippen molar-refractivity contribution >= 4 is 10.8 Å². The van der Waals surface area contributed by atoms with Crippen molar-refractivity contribution in [2.24, 2.45) is 0 Å². The standard InChI is InChI=1S/C25H24N2O4/c1-2-3-10-24-11-12-25(31-24,13-14-28)21-20(24)22(29)27(23(21)30)19-9-8-16(15-26)17-6-4-5-7-18(17)19/h4-9,11-12,28-30H,2-3,10,13-14H2,1H3. The number of unbranched alkanes of at least 4 members (excludes halogenated alkanes) is 1. The van der Waals surface area contributed by atoms with Crippen LogP contribution in [0.25, 0.3) is 16.5 Å². The Morgan fingerprint density at radius 1 is 0.968 bits per heavy atom. The first-order valence-corrected chi connectivity index (χ1v) is 10.6. The second-order valence-electron chi connectivity index (χ2n) is 8.31. The highest BCUT2D eigenvalue weighted by Gasteiger charge is 2.60. The van der Waals surface area contributed by atoms with Gasteiger partial charge < -0.3 is 20.1 Å². The Hall–Kier alpha value is -3.27. The summed E-state index contributed by atoms with van der Waals surface area (Å²) in [7, 11) is 0.